The van der Waals surface area contributed by atoms with Gasteiger partial charge >= 0.3 is 0 Å². The van der Waals surface area contributed by atoms with Crippen molar-refractivity contribution in [2.75, 3.05) is 19.6 Å². The minimum Gasteiger partial charge on any atom is -0.375 e. The Morgan fingerprint density at radius 2 is 1.89 bits per heavy atom. The summed E-state index contributed by atoms with van der Waals surface area (Å²) in [5.74, 6) is 6.72. The van der Waals surface area contributed by atoms with Gasteiger partial charge in [0.2, 0.25) is 0 Å². The molecule has 4 heterocycles. The molecule has 0 aromatic heterocycles. The van der Waals surface area contributed by atoms with E-state index >= 15 is 0 Å². The van der Waals surface area contributed by atoms with Crippen molar-refractivity contribution in [1.29, 1.82) is 0 Å². The van der Waals surface area contributed by atoms with Gasteiger partial charge in [-0.15, -0.1) is 0 Å². The summed E-state index contributed by atoms with van der Waals surface area (Å²) < 4.78 is 6.74. The smallest absolute Gasteiger partial charge is 0.0648 e. The molecule has 37 heavy (non-hydrogen) atoms. The van der Waals surface area contributed by atoms with Crippen LogP contribution in [0.25, 0.3) is 0 Å². The zero-order chi connectivity index (χ0) is 24.9. The lowest BCUT2D eigenvalue weighted by Crippen LogP contribution is -2.55. The highest BCUT2D eigenvalue weighted by Crippen LogP contribution is 2.68. The van der Waals surface area contributed by atoms with Gasteiger partial charge < -0.3 is 9.64 Å². The van der Waals surface area contributed by atoms with Crippen LogP contribution in [-0.2, 0) is 4.74 Å². The van der Waals surface area contributed by atoms with Crippen LogP contribution in [-0.4, -0.2) is 53.7 Å². The van der Waals surface area contributed by atoms with Gasteiger partial charge in [-0.2, -0.15) is 0 Å². The Balaban J connectivity index is 1.09. The van der Waals surface area contributed by atoms with E-state index in [0.29, 0.717) is 23.5 Å². The van der Waals surface area contributed by atoms with E-state index in [1.807, 2.05) is 5.70 Å². The molecule has 8 aliphatic rings. The number of nitrogens with zero attached hydrogens (tertiary/aromatic N) is 2. The third kappa shape index (κ3) is 3.71. The van der Waals surface area contributed by atoms with E-state index in [0.717, 1.165) is 53.5 Å². The van der Waals surface area contributed by atoms with E-state index in [-0.39, 0.29) is 0 Å². The first-order chi connectivity index (χ1) is 18.0. The molecule has 4 saturated heterocycles. The standard InChI is InChI=1S/C34H52N2O/c1-21-12-14-34(3)26(17-21)31-32(33(31)36-15-6-9-30(34)36)27(35-16-13-22(2)20-35)18-23-10-11-25-24-7-4-5-8-28(24)37-29(25)19-23/h4,7,18,21-26,28-33H,5-6,8-17,19-20H2,1-3H3/b27-18-/t21?,22-,23?,24?,25?,26?,28?,29?,30?,31?,32?,33?,34?/m0/s1. The Kier molecular flexibility index (Phi) is 5.75. The molecular formula is C34H52N2O. The second-order valence-corrected chi connectivity index (χ2v) is 15.4. The van der Waals surface area contributed by atoms with Crippen LogP contribution < -0.4 is 0 Å². The number of hydrogen-bond donors (Lipinski definition) is 0. The number of rotatable bonds is 3. The third-order valence-corrected chi connectivity index (χ3v) is 13.3. The Labute approximate surface area is 226 Å². The molecule has 12 unspecified atom stereocenters. The second kappa shape index (κ2) is 8.85. The number of hydrogen-bond acceptors (Lipinski definition) is 3. The molecule has 4 aliphatic carbocycles. The molecule has 0 N–H and O–H groups in total. The molecule has 0 amide bonds. The molecule has 13 atom stereocenters. The lowest BCUT2D eigenvalue weighted by Gasteiger charge is -2.54. The fraction of sp³-hybridized carbons (Fsp3) is 0.882. The van der Waals surface area contributed by atoms with E-state index in [1.54, 1.807) is 0 Å². The van der Waals surface area contributed by atoms with Crippen LogP contribution in [0.4, 0.5) is 0 Å². The quantitative estimate of drug-likeness (QED) is 0.389. The number of piperidine rings is 1. The molecule has 8 rings (SSSR count). The maximum Gasteiger partial charge on any atom is 0.0648 e. The van der Waals surface area contributed by atoms with E-state index in [1.165, 1.54) is 90.3 Å². The van der Waals surface area contributed by atoms with E-state index in [4.69, 9.17) is 4.74 Å². The Bertz CT molecular complexity index is 957. The van der Waals surface area contributed by atoms with Crippen molar-refractivity contribution in [1.82, 2.24) is 9.80 Å². The molecule has 0 radical (unpaired) electrons. The minimum absolute atomic E-state index is 0.512. The van der Waals surface area contributed by atoms with Crippen LogP contribution in [0.15, 0.2) is 23.9 Å². The van der Waals surface area contributed by atoms with Gasteiger partial charge in [0, 0.05) is 42.7 Å². The maximum atomic E-state index is 6.74. The van der Waals surface area contributed by atoms with Gasteiger partial charge in [-0.25, -0.2) is 0 Å². The molecule has 0 spiro atoms. The van der Waals surface area contributed by atoms with Gasteiger partial charge in [-0.05, 0) is 112 Å². The van der Waals surface area contributed by atoms with Crippen molar-refractivity contribution in [3.8, 4) is 0 Å². The zero-order valence-corrected chi connectivity index (χ0v) is 23.9. The van der Waals surface area contributed by atoms with Gasteiger partial charge in [0.1, 0.15) is 0 Å². The van der Waals surface area contributed by atoms with Crippen LogP contribution in [0.5, 0.6) is 0 Å². The van der Waals surface area contributed by atoms with Crippen molar-refractivity contribution in [2.24, 2.45) is 52.8 Å². The summed E-state index contributed by atoms with van der Waals surface area (Å²) in [4.78, 5) is 5.97. The molecule has 3 nitrogen and oxygen atoms in total. The van der Waals surface area contributed by atoms with Crippen molar-refractivity contribution in [3.63, 3.8) is 0 Å². The SMILES string of the molecule is CC1CCC2(C)C(C1)C1C(/C(=C/C3CCC4C(C3)OC3CCC=CC34)N3CC[C@H](C)C3)C1N1CCCC12. The largest absolute Gasteiger partial charge is 0.375 e. The topological polar surface area (TPSA) is 15.7 Å². The molecule has 0 aromatic rings. The van der Waals surface area contributed by atoms with Crippen LogP contribution in [0.2, 0.25) is 0 Å². The van der Waals surface area contributed by atoms with Gasteiger partial charge in [-0.1, -0.05) is 45.4 Å². The summed E-state index contributed by atoms with van der Waals surface area (Å²) >= 11 is 0. The molecular weight excluding hydrogens is 452 g/mol. The van der Waals surface area contributed by atoms with Crippen LogP contribution in [0, 0.1) is 52.8 Å². The van der Waals surface area contributed by atoms with Gasteiger partial charge in [-0.3, -0.25) is 4.90 Å². The Morgan fingerprint density at radius 1 is 0.973 bits per heavy atom. The summed E-state index contributed by atoms with van der Waals surface area (Å²) in [6.07, 6.45) is 24.1. The van der Waals surface area contributed by atoms with Crippen molar-refractivity contribution in [2.45, 2.75) is 116 Å². The maximum absolute atomic E-state index is 6.74. The first kappa shape index (κ1) is 24.0. The van der Waals surface area contributed by atoms with Crippen LogP contribution in [0.1, 0.15) is 91.4 Å². The van der Waals surface area contributed by atoms with Crippen molar-refractivity contribution in [3.05, 3.63) is 23.9 Å². The monoisotopic (exact) mass is 504 g/mol. The van der Waals surface area contributed by atoms with Crippen molar-refractivity contribution < 1.29 is 4.74 Å². The number of allylic oxidation sites excluding steroid dienone is 2. The average Bonchev–Trinajstić information content (AvgIpc) is 3.25. The third-order valence-electron chi connectivity index (χ3n) is 13.3. The van der Waals surface area contributed by atoms with Gasteiger partial charge in [0.05, 0.1) is 12.2 Å². The van der Waals surface area contributed by atoms with E-state index in [2.05, 4.69) is 48.8 Å². The predicted molar refractivity (Wildman–Crippen MR) is 150 cm³/mol. The van der Waals surface area contributed by atoms with E-state index < -0.39 is 0 Å². The molecule has 0 bridgehead atoms. The van der Waals surface area contributed by atoms with Gasteiger partial charge in [0.15, 0.2) is 0 Å². The highest BCUT2D eigenvalue weighted by Gasteiger charge is 2.70. The molecule has 7 fully saturated rings. The first-order valence-electron chi connectivity index (χ1n) is 16.6. The summed E-state index contributed by atoms with van der Waals surface area (Å²) in [7, 11) is 0. The normalized spacial score (nSPS) is 54.9. The molecule has 4 aliphatic heterocycles. The van der Waals surface area contributed by atoms with Crippen LogP contribution in [0.3, 0.4) is 0 Å². The molecule has 0 aromatic carbocycles. The van der Waals surface area contributed by atoms with Crippen LogP contribution >= 0.6 is 0 Å². The lowest BCUT2D eigenvalue weighted by molar-refractivity contribution is -0.0473. The second-order valence-electron chi connectivity index (χ2n) is 15.4. The van der Waals surface area contributed by atoms with Gasteiger partial charge in [0.25, 0.3) is 0 Å². The van der Waals surface area contributed by atoms with Crippen molar-refractivity contribution >= 4 is 0 Å². The summed E-state index contributed by atoms with van der Waals surface area (Å²) in [6, 6.07) is 1.72. The zero-order valence-electron chi connectivity index (χ0n) is 23.9. The number of fused-ring (bicyclic) bond motifs is 9. The number of likely N-dealkylation sites (tertiary alicyclic amines) is 1. The fourth-order valence-electron chi connectivity index (χ4n) is 11.4. The summed E-state index contributed by atoms with van der Waals surface area (Å²) in [5.41, 5.74) is 2.38. The van der Waals surface area contributed by atoms with E-state index in [9.17, 15) is 0 Å². The summed E-state index contributed by atoms with van der Waals surface area (Å²) in [5, 5.41) is 0. The first-order valence-corrected chi connectivity index (χ1v) is 16.6. The molecule has 3 heteroatoms. The highest BCUT2D eigenvalue weighted by molar-refractivity contribution is 5.30. The minimum atomic E-state index is 0.512. The lowest BCUT2D eigenvalue weighted by atomic mass is 9.57. The predicted octanol–water partition coefficient (Wildman–Crippen LogP) is 6.90. The molecule has 3 saturated carbocycles. The number of ether oxygens (including phenoxy) is 1. The highest BCUT2D eigenvalue weighted by atomic mass is 16.5. The fourth-order valence-corrected chi connectivity index (χ4v) is 11.4. The average molecular weight is 505 g/mol. The Morgan fingerprint density at radius 3 is 2.76 bits per heavy atom. The molecule has 204 valence electrons. The summed E-state index contributed by atoms with van der Waals surface area (Å²) in [6.45, 7) is 11.7. The Hall–Kier alpha value is -0.800.